The van der Waals surface area contributed by atoms with E-state index in [0.717, 1.165) is 103 Å². The molecule has 0 unspecified atom stereocenters. The minimum atomic E-state index is 0.547. The highest BCUT2D eigenvalue weighted by atomic mass is 16.5. The molecule has 2 aromatic rings. The van der Waals surface area contributed by atoms with Crippen LogP contribution in [0.4, 0.5) is 17.6 Å². The van der Waals surface area contributed by atoms with Crippen molar-refractivity contribution in [3.05, 3.63) is 41.5 Å². The first kappa shape index (κ1) is 31.5. The highest BCUT2D eigenvalue weighted by molar-refractivity contribution is 5.52. The number of ether oxygens (including phenoxy) is 1. The summed E-state index contributed by atoms with van der Waals surface area (Å²) in [6, 6.07) is 11.4. The predicted molar refractivity (Wildman–Crippen MR) is 179 cm³/mol. The van der Waals surface area contributed by atoms with Crippen LogP contribution in [0.3, 0.4) is 0 Å². The molecule has 3 fully saturated rings. The van der Waals surface area contributed by atoms with Crippen LogP contribution < -0.4 is 26.6 Å². The number of aromatic nitrogens is 2. The fourth-order valence-electron chi connectivity index (χ4n) is 7.41. The smallest absolute Gasteiger partial charge is 0.226 e. The van der Waals surface area contributed by atoms with Crippen LogP contribution in [0.5, 0.6) is 0 Å². The summed E-state index contributed by atoms with van der Waals surface area (Å²) in [4.78, 5) is 16.8. The number of morpholine rings is 1. The van der Waals surface area contributed by atoms with E-state index in [0.29, 0.717) is 23.7 Å². The molecule has 2 saturated heterocycles. The molecular weight excluding hydrogens is 550 g/mol. The van der Waals surface area contributed by atoms with Gasteiger partial charge >= 0.3 is 0 Å². The Morgan fingerprint density at radius 1 is 0.795 bits per heavy atom. The molecule has 1 aromatic heterocycles. The van der Waals surface area contributed by atoms with Crippen LogP contribution in [-0.2, 0) is 17.6 Å². The lowest BCUT2D eigenvalue weighted by molar-refractivity contribution is 0.0331. The molecule has 242 valence electrons. The number of nitrogens with one attached hydrogen (secondary N) is 3. The van der Waals surface area contributed by atoms with Gasteiger partial charge < -0.3 is 31.3 Å². The second kappa shape index (κ2) is 16.2. The van der Waals surface area contributed by atoms with Gasteiger partial charge in [-0.15, -0.1) is 0 Å². The van der Waals surface area contributed by atoms with Crippen LogP contribution in [0.1, 0.15) is 43.2 Å². The van der Waals surface area contributed by atoms with Crippen molar-refractivity contribution in [1.82, 2.24) is 30.4 Å². The van der Waals surface area contributed by atoms with E-state index in [2.05, 4.69) is 59.9 Å². The van der Waals surface area contributed by atoms with E-state index in [4.69, 9.17) is 15.5 Å². The molecule has 1 aromatic carbocycles. The third kappa shape index (κ3) is 9.26. The molecule has 0 bridgehead atoms. The van der Waals surface area contributed by atoms with Crippen molar-refractivity contribution >= 4 is 17.6 Å². The first-order valence-corrected chi connectivity index (χ1v) is 17.3. The Morgan fingerprint density at radius 3 is 2.16 bits per heavy atom. The van der Waals surface area contributed by atoms with Crippen LogP contribution >= 0.6 is 0 Å². The maximum atomic E-state index is 6.22. The summed E-state index contributed by atoms with van der Waals surface area (Å²) in [6.07, 6.45) is 8.70. The number of nitrogen functional groups attached to an aromatic ring is 1. The van der Waals surface area contributed by atoms with Gasteiger partial charge in [-0.3, -0.25) is 9.80 Å². The van der Waals surface area contributed by atoms with Gasteiger partial charge in [-0.2, -0.15) is 9.97 Å². The Kier molecular flexibility index (Phi) is 11.6. The summed E-state index contributed by atoms with van der Waals surface area (Å²) in [5.74, 6) is 3.64. The fraction of sp³-hybridized carbons (Fsp3) is 0.706. The number of hydrogen-bond donors (Lipinski definition) is 4. The van der Waals surface area contributed by atoms with Crippen molar-refractivity contribution in [2.45, 2.75) is 51.0 Å². The van der Waals surface area contributed by atoms with Crippen LogP contribution in [0.25, 0.3) is 0 Å². The molecule has 5 N–H and O–H groups in total. The molecule has 6 rings (SSSR count). The van der Waals surface area contributed by atoms with E-state index in [9.17, 15) is 0 Å². The van der Waals surface area contributed by atoms with Crippen molar-refractivity contribution in [3.8, 4) is 0 Å². The van der Waals surface area contributed by atoms with Gasteiger partial charge in [-0.05, 0) is 87.5 Å². The lowest BCUT2D eigenvalue weighted by Crippen LogP contribution is -2.49. The third-order valence-corrected chi connectivity index (χ3v) is 10.2. The molecule has 0 amide bonds. The normalized spacial score (nSPS) is 23.6. The molecule has 3 heterocycles. The minimum absolute atomic E-state index is 0.547. The monoisotopic (exact) mass is 605 g/mol. The van der Waals surface area contributed by atoms with Crippen LogP contribution in [0, 0.1) is 11.8 Å². The molecule has 10 nitrogen and oxygen atoms in total. The van der Waals surface area contributed by atoms with Gasteiger partial charge in [0.15, 0.2) is 0 Å². The average Bonchev–Trinajstić information content (AvgIpc) is 3.48. The summed E-state index contributed by atoms with van der Waals surface area (Å²) < 4.78 is 5.48. The molecule has 0 radical (unpaired) electrons. The second-order valence-electron chi connectivity index (χ2n) is 13.4. The molecule has 2 aliphatic carbocycles. The Morgan fingerprint density at radius 2 is 1.45 bits per heavy atom. The third-order valence-electron chi connectivity index (χ3n) is 10.2. The lowest BCUT2D eigenvalue weighted by atomic mass is 9.82. The summed E-state index contributed by atoms with van der Waals surface area (Å²) in [6.45, 7) is 14.5. The molecule has 0 spiro atoms. The van der Waals surface area contributed by atoms with Gasteiger partial charge in [0.25, 0.3) is 0 Å². The van der Waals surface area contributed by atoms with E-state index >= 15 is 0 Å². The zero-order valence-electron chi connectivity index (χ0n) is 26.7. The topological polar surface area (TPSA) is 107 Å². The zero-order chi connectivity index (χ0) is 30.0. The number of benzene rings is 1. The second-order valence-corrected chi connectivity index (χ2v) is 13.4. The Labute approximate surface area is 264 Å². The number of rotatable bonds is 14. The van der Waals surface area contributed by atoms with E-state index in [-0.39, 0.29) is 0 Å². The van der Waals surface area contributed by atoms with Crippen LogP contribution in [-0.4, -0.2) is 118 Å². The van der Waals surface area contributed by atoms with Crippen LogP contribution in [0.15, 0.2) is 30.3 Å². The van der Waals surface area contributed by atoms with Crippen LogP contribution in [0.2, 0.25) is 0 Å². The first-order valence-electron chi connectivity index (χ1n) is 17.3. The quantitative estimate of drug-likeness (QED) is 0.240. The number of nitrogens with zero attached hydrogens (tertiary/aromatic N) is 5. The Balaban J connectivity index is 0.825. The first-order chi connectivity index (χ1) is 21.7. The van der Waals surface area contributed by atoms with Crippen molar-refractivity contribution < 1.29 is 4.74 Å². The number of anilines is 3. The van der Waals surface area contributed by atoms with Gasteiger partial charge in [-0.1, -0.05) is 24.3 Å². The highest BCUT2D eigenvalue weighted by Crippen LogP contribution is 2.29. The van der Waals surface area contributed by atoms with Crippen molar-refractivity contribution in [1.29, 1.82) is 0 Å². The van der Waals surface area contributed by atoms with Gasteiger partial charge in [0.2, 0.25) is 5.95 Å². The Bertz CT molecular complexity index is 1120. The van der Waals surface area contributed by atoms with Gasteiger partial charge in [0.05, 0.1) is 13.2 Å². The summed E-state index contributed by atoms with van der Waals surface area (Å²) >= 11 is 0. The predicted octanol–water partition coefficient (Wildman–Crippen LogP) is 2.47. The fourth-order valence-corrected chi connectivity index (χ4v) is 7.41. The van der Waals surface area contributed by atoms with E-state index in [1.807, 2.05) is 6.07 Å². The lowest BCUT2D eigenvalue weighted by Gasteiger charge is -2.37. The van der Waals surface area contributed by atoms with E-state index in [1.54, 1.807) is 0 Å². The molecule has 0 atom stereocenters. The summed E-state index contributed by atoms with van der Waals surface area (Å²) in [7, 11) is 0. The van der Waals surface area contributed by atoms with Crippen molar-refractivity contribution in [2.75, 3.05) is 108 Å². The summed E-state index contributed by atoms with van der Waals surface area (Å²) in [5.41, 5.74) is 9.28. The average molecular weight is 606 g/mol. The highest BCUT2D eigenvalue weighted by Gasteiger charge is 2.23. The number of hydrogen-bond acceptors (Lipinski definition) is 10. The van der Waals surface area contributed by atoms with Crippen molar-refractivity contribution in [3.63, 3.8) is 0 Å². The number of nitrogens with two attached hydrogens (primary N) is 1. The molecule has 10 heteroatoms. The molecule has 44 heavy (non-hydrogen) atoms. The van der Waals surface area contributed by atoms with E-state index < -0.39 is 0 Å². The van der Waals surface area contributed by atoms with Gasteiger partial charge in [0.1, 0.15) is 11.6 Å². The molecule has 1 saturated carbocycles. The Hall–Kier alpha value is -2.50. The van der Waals surface area contributed by atoms with Gasteiger partial charge in [0, 0.05) is 71.0 Å². The SMILES string of the molecule is Nc1cc(N2CCN(CCN3CCOCC3)CC2)nc(NC[C@H]2CC[C@H](CNCCCNC3Cc4ccccc4C3)CC2)n1. The maximum Gasteiger partial charge on any atom is 0.226 e. The van der Waals surface area contributed by atoms with Gasteiger partial charge in [-0.25, -0.2) is 0 Å². The maximum absolute atomic E-state index is 6.22. The number of fused-ring (bicyclic) bond motifs is 1. The summed E-state index contributed by atoms with van der Waals surface area (Å²) in [5, 5.41) is 11.0. The minimum Gasteiger partial charge on any atom is -0.383 e. The zero-order valence-corrected chi connectivity index (χ0v) is 26.7. The largest absolute Gasteiger partial charge is 0.383 e. The standard InChI is InChI=1S/C34H55N9O/c35-32-24-33(43-16-14-41(15-17-43)12-13-42-18-20-44-21-19-42)40-34(39-32)38-26-28-8-6-27(7-9-28)25-36-10-3-11-37-31-22-29-4-1-2-5-30(29)23-31/h1-2,4-5,24,27-28,31,36-37H,3,6-23,25-26H2,(H3,35,38,39,40)/t27-,28-. The molecule has 2 aliphatic heterocycles. The molecular formula is C34H55N9O. The van der Waals surface area contributed by atoms with Crippen molar-refractivity contribution in [2.24, 2.45) is 11.8 Å². The number of piperazine rings is 1. The van der Waals surface area contributed by atoms with E-state index in [1.165, 1.54) is 56.1 Å². The molecule has 4 aliphatic rings.